The molecule has 2 aromatic carbocycles. The van der Waals surface area contributed by atoms with Crippen molar-refractivity contribution in [3.8, 4) is 0 Å². The van der Waals surface area contributed by atoms with E-state index in [2.05, 4.69) is 88.9 Å². The number of nitrogens with one attached hydrogen (secondary N) is 1. The Labute approximate surface area is 165 Å². The van der Waals surface area contributed by atoms with Crippen molar-refractivity contribution in [1.29, 1.82) is 0 Å². The van der Waals surface area contributed by atoms with Gasteiger partial charge in [-0.2, -0.15) is 0 Å². The monoisotopic (exact) mass is 365 g/mol. The van der Waals surface area contributed by atoms with Gasteiger partial charge < -0.3 is 9.88 Å². The van der Waals surface area contributed by atoms with E-state index in [1.807, 2.05) is 12.1 Å². The molecule has 2 heterocycles. The van der Waals surface area contributed by atoms with E-state index in [1.165, 1.54) is 16.7 Å². The molecule has 0 saturated heterocycles. The number of imidazole rings is 1. The number of hydrogen-bond donors (Lipinski definition) is 1. The maximum Gasteiger partial charge on any atom is 0.134 e. The van der Waals surface area contributed by atoms with Gasteiger partial charge in [-0.25, -0.2) is 4.98 Å². The number of benzene rings is 2. The summed E-state index contributed by atoms with van der Waals surface area (Å²) in [4.78, 5) is 10.8. The first-order valence-corrected chi connectivity index (χ1v) is 9.88. The maximum atomic E-state index is 4.90. The molecule has 1 N–H and O–H groups in total. The quantitative estimate of drug-likeness (QED) is 0.644. The van der Waals surface area contributed by atoms with E-state index in [-0.39, 0.29) is 6.04 Å². The van der Waals surface area contributed by atoms with Crippen molar-refractivity contribution in [1.82, 2.24) is 14.9 Å². The predicted molar refractivity (Wildman–Crippen MR) is 115 cm³/mol. The molecule has 3 aromatic rings. The number of aromatic nitrogens is 2. The van der Waals surface area contributed by atoms with Gasteiger partial charge >= 0.3 is 0 Å². The Bertz CT molecular complexity index is 1070. The summed E-state index contributed by atoms with van der Waals surface area (Å²) < 4.78 is 0. The number of H-pyrrole nitrogens is 1. The highest BCUT2D eigenvalue weighted by Gasteiger charge is 2.24. The van der Waals surface area contributed by atoms with Crippen LogP contribution >= 0.6 is 0 Å². The highest BCUT2D eigenvalue weighted by molar-refractivity contribution is 5.75. The van der Waals surface area contributed by atoms with Gasteiger partial charge in [0.15, 0.2) is 0 Å². The van der Waals surface area contributed by atoms with Crippen LogP contribution in [0.15, 0.2) is 102 Å². The number of allylic oxidation sites excluding steroid dienone is 6. The highest BCUT2D eigenvalue weighted by atomic mass is 15.2. The molecule has 0 fully saturated rings. The zero-order valence-electron chi connectivity index (χ0n) is 15.8. The molecule has 2 aliphatic rings. The zero-order valence-corrected chi connectivity index (χ0v) is 15.8. The van der Waals surface area contributed by atoms with Crippen molar-refractivity contribution in [2.75, 3.05) is 6.54 Å². The topological polar surface area (TPSA) is 31.9 Å². The molecule has 0 spiro atoms. The third-order valence-electron chi connectivity index (χ3n) is 5.47. The van der Waals surface area contributed by atoms with Crippen LogP contribution in [0.4, 0.5) is 0 Å². The predicted octanol–water partition coefficient (Wildman–Crippen LogP) is 5.68. The largest absolute Gasteiger partial charge is 0.360 e. The molecule has 1 atom stereocenters. The molecule has 0 radical (unpaired) electrons. The lowest BCUT2D eigenvalue weighted by Gasteiger charge is -2.31. The number of fused-ring (bicyclic) bond motifs is 1. The van der Waals surface area contributed by atoms with E-state index >= 15 is 0 Å². The normalized spacial score (nSPS) is 17.5. The summed E-state index contributed by atoms with van der Waals surface area (Å²) in [6.45, 7) is 0.865. The summed E-state index contributed by atoms with van der Waals surface area (Å²) in [7, 11) is 0. The van der Waals surface area contributed by atoms with Gasteiger partial charge in [0, 0.05) is 12.7 Å². The van der Waals surface area contributed by atoms with Gasteiger partial charge in [-0.15, -0.1) is 0 Å². The second kappa shape index (κ2) is 7.35. The molecule has 1 aromatic heterocycles. The molecule has 3 nitrogen and oxygen atoms in total. The maximum absolute atomic E-state index is 4.90. The molecule has 138 valence electrons. The van der Waals surface area contributed by atoms with E-state index in [9.17, 15) is 0 Å². The van der Waals surface area contributed by atoms with Crippen LogP contribution in [0.3, 0.4) is 0 Å². The van der Waals surface area contributed by atoms with Crippen molar-refractivity contribution >= 4 is 11.0 Å². The molecule has 0 saturated carbocycles. The molecule has 5 rings (SSSR count). The van der Waals surface area contributed by atoms with Gasteiger partial charge in [-0.3, -0.25) is 0 Å². The molecule has 0 amide bonds. The molecule has 1 unspecified atom stereocenters. The first-order valence-electron chi connectivity index (χ1n) is 9.88. The van der Waals surface area contributed by atoms with Crippen LogP contribution in [0, 0.1) is 0 Å². The van der Waals surface area contributed by atoms with E-state index in [1.54, 1.807) is 0 Å². The second-order valence-electron chi connectivity index (χ2n) is 7.28. The summed E-state index contributed by atoms with van der Waals surface area (Å²) in [6, 6.07) is 18.9. The van der Waals surface area contributed by atoms with Crippen LogP contribution in [0.1, 0.15) is 30.3 Å². The zero-order chi connectivity index (χ0) is 18.8. The molecule has 1 aliphatic heterocycles. The minimum atomic E-state index is 0.0582. The van der Waals surface area contributed by atoms with E-state index in [0.29, 0.717) is 0 Å². The number of hydrogen-bond acceptors (Lipinski definition) is 2. The van der Waals surface area contributed by atoms with Crippen molar-refractivity contribution in [2.45, 2.75) is 18.9 Å². The Kier molecular flexibility index (Phi) is 4.42. The Morgan fingerprint density at radius 1 is 1.00 bits per heavy atom. The van der Waals surface area contributed by atoms with E-state index < -0.39 is 0 Å². The minimum absolute atomic E-state index is 0.0582. The average molecular weight is 365 g/mol. The molecule has 3 heteroatoms. The molecular formula is C25H23N3. The first-order chi connectivity index (χ1) is 13.9. The van der Waals surface area contributed by atoms with Gasteiger partial charge in [0.05, 0.1) is 11.0 Å². The van der Waals surface area contributed by atoms with Gasteiger partial charge in [-0.05, 0) is 47.8 Å². The number of rotatable bonds is 4. The van der Waals surface area contributed by atoms with Gasteiger partial charge in [0.2, 0.25) is 0 Å². The second-order valence-corrected chi connectivity index (χ2v) is 7.28. The Morgan fingerprint density at radius 2 is 1.86 bits per heavy atom. The third-order valence-corrected chi connectivity index (χ3v) is 5.47. The van der Waals surface area contributed by atoms with Crippen LogP contribution in [0.2, 0.25) is 0 Å². The summed E-state index contributed by atoms with van der Waals surface area (Å²) in [5.41, 5.74) is 6.10. The van der Waals surface area contributed by atoms with Crippen LogP contribution in [-0.2, 0) is 0 Å². The van der Waals surface area contributed by atoms with Gasteiger partial charge in [0.25, 0.3) is 0 Å². The van der Waals surface area contributed by atoms with Crippen LogP contribution < -0.4 is 0 Å². The lowest BCUT2D eigenvalue weighted by molar-refractivity contribution is 0.335. The fraction of sp³-hybridized carbons (Fsp3) is 0.160. The molecule has 1 aliphatic carbocycles. The number of aromatic amines is 1. The van der Waals surface area contributed by atoms with Crippen LogP contribution in [0.5, 0.6) is 0 Å². The summed E-state index contributed by atoms with van der Waals surface area (Å²) in [5.74, 6) is 0.980. The SMILES string of the molecule is C1=CCCC(C2=CCN(C(c3ccccc3)c3nc4ccccc4[nH]3)C=C2)=C1. The smallest absolute Gasteiger partial charge is 0.134 e. The molecule has 0 bridgehead atoms. The molecular weight excluding hydrogens is 342 g/mol. The number of nitrogens with zero attached hydrogens (tertiary/aromatic N) is 2. The van der Waals surface area contributed by atoms with Gasteiger partial charge in [-0.1, -0.05) is 66.8 Å². The van der Waals surface area contributed by atoms with E-state index in [4.69, 9.17) is 4.98 Å². The standard InChI is InChI=1S/C25H23N3/c1-3-9-19(10-4-1)20-15-17-28(18-16-20)24(21-11-5-2-6-12-21)25-26-22-13-7-8-14-23(22)27-25/h1-3,5-9,11-17,24H,4,10,18H2,(H,26,27). The highest BCUT2D eigenvalue weighted by Crippen LogP contribution is 2.32. The minimum Gasteiger partial charge on any atom is -0.360 e. The summed E-state index contributed by atoms with van der Waals surface area (Å²) in [6.07, 6.45) is 15.7. The van der Waals surface area contributed by atoms with Crippen molar-refractivity contribution in [2.24, 2.45) is 0 Å². The summed E-state index contributed by atoms with van der Waals surface area (Å²) in [5, 5.41) is 0. The number of para-hydroxylation sites is 2. The fourth-order valence-corrected chi connectivity index (χ4v) is 4.03. The molecule has 28 heavy (non-hydrogen) atoms. The fourth-order valence-electron chi connectivity index (χ4n) is 4.03. The Hall–Kier alpha value is -3.33. The van der Waals surface area contributed by atoms with Crippen molar-refractivity contribution < 1.29 is 0 Å². The van der Waals surface area contributed by atoms with Crippen molar-refractivity contribution in [3.05, 3.63) is 114 Å². The average Bonchev–Trinajstić information content (AvgIpc) is 3.19. The Balaban J connectivity index is 1.49. The van der Waals surface area contributed by atoms with Crippen LogP contribution in [0.25, 0.3) is 11.0 Å². The van der Waals surface area contributed by atoms with Crippen LogP contribution in [-0.4, -0.2) is 21.4 Å². The first kappa shape index (κ1) is 16.8. The lowest BCUT2D eigenvalue weighted by atomic mass is 9.95. The Morgan fingerprint density at radius 3 is 2.61 bits per heavy atom. The van der Waals surface area contributed by atoms with E-state index in [0.717, 1.165) is 36.2 Å². The summed E-state index contributed by atoms with van der Waals surface area (Å²) >= 11 is 0. The van der Waals surface area contributed by atoms with Crippen molar-refractivity contribution in [3.63, 3.8) is 0 Å². The van der Waals surface area contributed by atoms with Gasteiger partial charge in [0.1, 0.15) is 11.9 Å². The lowest BCUT2D eigenvalue weighted by Crippen LogP contribution is -2.27. The third kappa shape index (κ3) is 3.20.